The zero-order valence-electron chi connectivity index (χ0n) is 13.7. The van der Waals surface area contributed by atoms with Crippen molar-refractivity contribution < 1.29 is 17.9 Å². The summed E-state index contributed by atoms with van der Waals surface area (Å²) in [5, 5.41) is 0.963. The molecule has 0 aliphatic heterocycles. The molecule has 0 radical (unpaired) electrons. The van der Waals surface area contributed by atoms with E-state index in [1.54, 1.807) is 6.20 Å². The van der Waals surface area contributed by atoms with Gasteiger partial charge in [-0.25, -0.2) is 18.2 Å². The zero-order valence-corrected chi connectivity index (χ0v) is 16.1. The standard InChI is InChI=1S/C18H14ClNO4S2/c1-26(22,23)14-7-8-16(19)15(9-14)18(21)24-11-13-10-20-17(25-13)12-5-3-2-4-6-12/h2-10H,11H2,1H3. The Labute approximate surface area is 160 Å². The molecule has 8 heteroatoms. The molecular formula is C18H14ClNO4S2. The summed E-state index contributed by atoms with van der Waals surface area (Å²) in [4.78, 5) is 17.4. The van der Waals surface area contributed by atoms with Gasteiger partial charge in [-0.3, -0.25) is 0 Å². The van der Waals surface area contributed by atoms with Gasteiger partial charge in [0.2, 0.25) is 0 Å². The first kappa shape index (κ1) is 18.6. The van der Waals surface area contributed by atoms with Gasteiger partial charge < -0.3 is 4.74 Å². The SMILES string of the molecule is CS(=O)(=O)c1ccc(Cl)c(C(=O)OCc2cnc(-c3ccccc3)s2)c1. The Morgan fingerprint density at radius 2 is 1.92 bits per heavy atom. The molecule has 2 aromatic carbocycles. The highest BCUT2D eigenvalue weighted by atomic mass is 35.5. The van der Waals surface area contributed by atoms with E-state index in [9.17, 15) is 13.2 Å². The molecule has 0 spiro atoms. The number of halogens is 1. The molecule has 3 aromatic rings. The molecule has 0 amide bonds. The van der Waals surface area contributed by atoms with Crippen LogP contribution in [0, 0.1) is 0 Å². The minimum absolute atomic E-state index is 0.0120. The average molecular weight is 408 g/mol. The summed E-state index contributed by atoms with van der Waals surface area (Å²) < 4.78 is 28.5. The molecule has 0 bridgehead atoms. The number of hydrogen-bond acceptors (Lipinski definition) is 6. The van der Waals surface area contributed by atoms with Crippen LogP contribution in [0.2, 0.25) is 5.02 Å². The van der Waals surface area contributed by atoms with E-state index < -0.39 is 15.8 Å². The van der Waals surface area contributed by atoms with E-state index in [0.29, 0.717) is 0 Å². The van der Waals surface area contributed by atoms with Crippen molar-refractivity contribution in [3.63, 3.8) is 0 Å². The van der Waals surface area contributed by atoms with E-state index in [4.69, 9.17) is 16.3 Å². The molecular weight excluding hydrogens is 394 g/mol. The van der Waals surface area contributed by atoms with Crippen molar-refractivity contribution in [3.05, 3.63) is 70.2 Å². The molecule has 26 heavy (non-hydrogen) atoms. The molecule has 0 atom stereocenters. The fourth-order valence-electron chi connectivity index (χ4n) is 2.19. The van der Waals surface area contributed by atoms with Crippen molar-refractivity contribution in [2.24, 2.45) is 0 Å². The van der Waals surface area contributed by atoms with Gasteiger partial charge in [-0.05, 0) is 18.2 Å². The van der Waals surface area contributed by atoms with Crippen LogP contribution in [0.3, 0.4) is 0 Å². The zero-order chi connectivity index (χ0) is 18.7. The summed E-state index contributed by atoms with van der Waals surface area (Å²) in [7, 11) is -3.44. The van der Waals surface area contributed by atoms with E-state index in [1.165, 1.54) is 29.5 Å². The number of aromatic nitrogens is 1. The van der Waals surface area contributed by atoms with Crippen LogP contribution in [-0.4, -0.2) is 25.6 Å². The fourth-order valence-corrected chi connectivity index (χ4v) is 3.87. The molecule has 5 nitrogen and oxygen atoms in total. The number of nitrogens with zero attached hydrogens (tertiary/aromatic N) is 1. The lowest BCUT2D eigenvalue weighted by Crippen LogP contribution is -2.07. The summed E-state index contributed by atoms with van der Waals surface area (Å²) in [5.74, 6) is -0.685. The molecule has 1 heterocycles. The van der Waals surface area contributed by atoms with Gasteiger partial charge in [0.25, 0.3) is 0 Å². The normalized spacial score (nSPS) is 11.3. The smallest absolute Gasteiger partial charge is 0.340 e. The Bertz CT molecular complexity index is 1050. The van der Waals surface area contributed by atoms with Crippen LogP contribution in [0.1, 0.15) is 15.2 Å². The largest absolute Gasteiger partial charge is 0.456 e. The van der Waals surface area contributed by atoms with Crippen LogP contribution in [0.5, 0.6) is 0 Å². The van der Waals surface area contributed by atoms with Crippen LogP contribution in [0.15, 0.2) is 59.6 Å². The van der Waals surface area contributed by atoms with E-state index in [0.717, 1.165) is 21.7 Å². The lowest BCUT2D eigenvalue weighted by Gasteiger charge is -2.07. The second-order valence-corrected chi connectivity index (χ2v) is 9.03. The van der Waals surface area contributed by atoms with E-state index in [2.05, 4.69) is 4.98 Å². The number of benzene rings is 2. The second-order valence-electron chi connectivity index (χ2n) is 5.49. The first-order chi connectivity index (χ1) is 12.3. The summed E-state index contributed by atoms with van der Waals surface area (Å²) in [6.45, 7) is 0.0305. The molecule has 3 rings (SSSR count). The number of sulfone groups is 1. The van der Waals surface area contributed by atoms with E-state index >= 15 is 0 Å². The average Bonchev–Trinajstić information content (AvgIpc) is 3.09. The van der Waals surface area contributed by atoms with Crippen LogP contribution in [0.4, 0.5) is 0 Å². The minimum atomic E-state index is -3.44. The highest BCUT2D eigenvalue weighted by molar-refractivity contribution is 7.90. The number of ether oxygens (including phenoxy) is 1. The van der Waals surface area contributed by atoms with E-state index in [1.807, 2.05) is 30.3 Å². The maximum absolute atomic E-state index is 12.3. The van der Waals surface area contributed by atoms with Gasteiger partial charge in [-0.2, -0.15) is 0 Å². The van der Waals surface area contributed by atoms with Crippen LogP contribution in [0.25, 0.3) is 10.6 Å². The second kappa shape index (κ2) is 7.57. The van der Waals surface area contributed by atoms with Crippen molar-refractivity contribution in [2.45, 2.75) is 11.5 Å². The molecule has 0 fully saturated rings. The highest BCUT2D eigenvalue weighted by Crippen LogP contribution is 2.26. The summed E-state index contributed by atoms with van der Waals surface area (Å²) in [6, 6.07) is 13.6. The highest BCUT2D eigenvalue weighted by Gasteiger charge is 2.17. The summed E-state index contributed by atoms with van der Waals surface area (Å²) in [6.07, 6.45) is 2.71. The number of esters is 1. The monoisotopic (exact) mass is 407 g/mol. The van der Waals surface area contributed by atoms with E-state index in [-0.39, 0.29) is 22.1 Å². The van der Waals surface area contributed by atoms with Gasteiger partial charge in [-0.1, -0.05) is 41.9 Å². The number of hydrogen-bond donors (Lipinski definition) is 0. The number of rotatable bonds is 5. The molecule has 0 unspecified atom stereocenters. The Morgan fingerprint density at radius 3 is 2.62 bits per heavy atom. The van der Waals surface area contributed by atoms with Crippen LogP contribution >= 0.6 is 22.9 Å². The lowest BCUT2D eigenvalue weighted by molar-refractivity contribution is 0.0476. The van der Waals surface area contributed by atoms with Gasteiger partial charge in [0.1, 0.15) is 11.6 Å². The van der Waals surface area contributed by atoms with Gasteiger partial charge in [-0.15, -0.1) is 11.3 Å². The number of thiazole rings is 1. The van der Waals surface area contributed by atoms with Gasteiger partial charge >= 0.3 is 5.97 Å². The van der Waals surface area contributed by atoms with Gasteiger partial charge in [0, 0.05) is 18.0 Å². The maximum Gasteiger partial charge on any atom is 0.340 e. The third-order valence-electron chi connectivity index (χ3n) is 3.51. The molecule has 134 valence electrons. The number of carbonyl (C=O) groups is 1. The predicted molar refractivity (Wildman–Crippen MR) is 101 cm³/mol. The first-order valence-corrected chi connectivity index (χ1v) is 10.6. The minimum Gasteiger partial charge on any atom is -0.456 e. The Hall–Kier alpha value is -2.22. The first-order valence-electron chi connectivity index (χ1n) is 7.51. The Morgan fingerprint density at radius 1 is 1.19 bits per heavy atom. The quantitative estimate of drug-likeness (QED) is 0.592. The summed E-state index contributed by atoms with van der Waals surface area (Å²) in [5.41, 5.74) is 1.00. The Balaban J connectivity index is 1.73. The van der Waals surface area contributed by atoms with Crippen LogP contribution < -0.4 is 0 Å². The fraction of sp³-hybridized carbons (Fsp3) is 0.111. The predicted octanol–water partition coefficient (Wildman–Crippen LogP) is 4.22. The van der Waals surface area contributed by atoms with Crippen LogP contribution in [-0.2, 0) is 21.2 Å². The van der Waals surface area contributed by atoms with Crippen molar-refractivity contribution in [1.82, 2.24) is 4.98 Å². The molecule has 0 aliphatic rings. The topological polar surface area (TPSA) is 73.3 Å². The number of carbonyl (C=O) groups excluding carboxylic acids is 1. The molecule has 0 N–H and O–H groups in total. The third kappa shape index (κ3) is 4.30. The lowest BCUT2D eigenvalue weighted by atomic mass is 10.2. The van der Waals surface area contributed by atoms with Crippen molar-refractivity contribution >= 4 is 38.7 Å². The summed E-state index contributed by atoms with van der Waals surface area (Å²) >= 11 is 7.42. The molecule has 0 aliphatic carbocycles. The molecule has 1 aromatic heterocycles. The molecule has 0 saturated heterocycles. The van der Waals surface area contributed by atoms with Crippen molar-refractivity contribution in [2.75, 3.05) is 6.26 Å². The maximum atomic E-state index is 12.3. The van der Waals surface area contributed by atoms with Crippen molar-refractivity contribution in [1.29, 1.82) is 0 Å². The van der Waals surface area contributed by atoms with Gasteiger partial charge in [0.15, 0.2) is 9.84 Å². The molecule has 0 saturated carbocycles. The van der Waals surface area contributed by atoms with Crippen molar-refractivity contribution in [3.8, 4) is 10.6 Å². The Kier molecular flexibility index (Phi) is 5.41. The third-order valence-corrected chi connectivity index (χ3v) is 5.97. The van der Waals surface area contributed by atoms with Gasteiger partial charge in [0.05, 0.1) is 20.4 Å².